The Balaban J connectivity index is 1.77. The van der Waals surface area contributed by atoms with Gasteiger partial charge in [-0.2, -0.15) is 0 Å². The lowest BCUT2D eigenvalue weighted by Crippen LogP contribution is -2.39. The summed E-state index contributed by atoms with van der Waals surface area (Å²) in [6.45, 7) is 5.50. The summed E-state index contributed by atoms with van der Waals surface area (Å²) in [5, 5.41) is 3.07. The number of nitrogens with one attached hydrogen (secondary N) is 1. The summed E-state index contributed by atoms with van der Waals surface area (Å²) < 4.78 is 0. The van der Waals surface area contributed by atoms with Crippen molar-refractivity contribution in [1.82, 2.24) is 5.32 Å². The van der Waals surface area contributed by atoms with Gasteiger partial charge in [0.2, 0.25) is 5.91 Å². The van der Waals surface area contributed by atoms with Crippen LogP contribution in [-0.4, -0.2) is 19.0 Å². The van der Waals surface area contributed by atoms with Crippen molar-refractivity contribution in [2.75, 3.05) is 13.1 Å². The predicted molar refractivity (Wildman–Crippen MR) is 64.8 cm³/mol. The molecule has 3 N–H and O–H groups in total. The van der Waals surface area contributed by atoms with Crippen molar-refractivity contribution in [3.8, 4) is 0 Å². The van der Waals surface area contributed by atoms with Crippen LogP contribution in [0.25, 0.3) is 0 Å². The largest absolute Gasteiger partial charge is 0.355 e. The predicted octanol–water partition coefficient (Wildman–Crippen LogP) is 1.52. The van der Waals surface area contributed by atoms with Crippen LogP contribution in [-0.2, 0) is 4.79 Å². The molecule has 2 fully saturated rings. The maximum atomic E-state index is 12.0. The van der Waals surface area contributed by atoms with E-state index in [-0.39, 0.29) is 11.3 Å². The summed E-state index contributed by atoms with van der Waals surface area (Å²) in [4.78, 5) is 12.0. The summed E-state index contributed by atoms with van der Waals surface area (Å²) in [6.07, 6.45) is 5.17. The number of carbonyl (C=O) groups excluding carboxylic acids is 1. The van der Waals surface area contributed by atoms with Crippen LogP contribution in [0.4, 0.5) is 0 Å². The van der Waals surface area contributed by atoms with Crippen LogP contribution in [0.1, 0.15) is 39.5 Å². The number of hydrogen-bond acceptors (Lipinski definition) is 2. The number of amides is 1. The summed E-state index contributed by atoms with van der Waals surface area (Å²) in [5.41, 5.74) is 5.67. The average Bonchev–Trinajstić information content (AvgIpc) is 3.00. The van der Waals surface area contributed by atoms with Gasteiger partial charge >= 0.3 is 0 Å². The van der Waals surface area contributed by atoms with Gasteiger partial charge in [-0.25, -0.2) is 0 Å². The van der Waals surface area contributed by atoms with E-state index in [4.69, 9.17) is 5.73 Å². The van der Waals surface area contributed by atoms with Crippen molar-refractivity contribution in [2.45, 2.75) is 39.5 Å². The van der Waals surface area contributed by atoms with Gasteiger partial charge in [-0.05, 0) is 36.6 Å². The van der Waals surface area contributed by atoms with Crippen LogP contribution in [0.5, 0.6) is 0 Å². The standard InChI is InChI=1S/C13H24N2O/c1-13(2,7-14)8-15-12(16)11-9-5-3-4-6-10(9)11/h9-11H,3-8,14H2,1-2H3,(H,15,16). The van der Waals surface area contributed by atoms with Gasteiger partial charge in [0.25, 0.3) is 0 Å². The Kier molecular flexibility index (Phi) is 3.24. The van der Waals surface area contributed by atoms with E-state index in [1.165, 1.54) is 25.7 Å². The summed E-state index contributed by atoms with van der Waals surface area (Å²) >= 11 is 0. The Labute approximate surface area is 98.2 Å². The minimum Gasteiger partial charge on any atom is -0.355 e. The first kappa shape index (κ1) is 11.9. The number of fused-ring (bicyclic) bond motifs is 1. The lowest BCUT2D eigenvalue weighted by molar-refractivity contribution is -0.123. The third kappa shape index (κ3) is 2.40. The van der Waals surface area contributed by atoms with E-state index in [9.17, 15) is 4.79 Å². The van der Waals surface area contributed by atoms with E-state index in [0.29, 0.717) is 30.8 Å². The molecule has 2 unspecified atom stereocenters. The average molecular weight is 224 g/mol. The SMILES string of the molecule is CC(C)(CN)CNC(=O)C1C2CCCCC21. The first-order valence-electron chi connectivity index (χ1n) is 6.53. The Hall–Kier alpha value is -0.570. The van der Waals surface area contributed by atoms with Crippen molar-refractivity contribution < 1.29 is 4.79 Å². The van der Waals surface area contributed by atoms with E-state index in [2.05, 4.69) is 19.2 Å². The Morgan fingerprint density at radius 1 is 1.31 bits per heavy atom. The highest BCUT2D eigenvalue weighted by molar-refractivity contribution is 5.82. The highest BCUT2D eigenvalue weighted by Crippen LogP contribution is 2.55. The molecule has 0 heterocycles. The molecular formula is C13H24N2O. The third-order valence-corrected chi connectivity index (χ3v) is 4.25. The second-order valence-electron chi connectivity index (χ2n) is 6.22. The topological polar surface area (TPSA) is 55.1 Å². The summed E-state index contributed by atoms with van der Waals surface area (Å²) in [7, 11) is 0. The maximum absolute atomic E-state index is 12.0. The van der Waals surface area contributed by atoms with Gasteiger partial charge in [0.05, 0.1) is 0 Å². The van der Waals surface area contributed by atoms with E-state index < -0.39 is 0 Å². The monoisotopic (exact) mass is 224 g/mol. The quantitative estimate of drug-likeness (QED) is 0.761. The first-order chi connectivity index (χ1) is 7.55. The minimum atomic E-state index is 0.0235. The molecule has 1 amide bonds. The molecule has 0 bridgehead atoms. The summed E-state index contributed by atoms with van der Waals surface area (Å²) in [5.74, 6) is 2.01. The lowest BCUT2D eigenvalue weighted by atomic mass is 9.94. The van der Waals surface area contributed by atoms with Crippen LogP contribution in [0.2, 0.25) is 0 Å². The molecule has 16 heavy (non-hydrogen) atoms. The third-order valence-electron chi connectivity index (χ3n) is 4.25. The summed E-state index contributed by atoms with van der Waals surface area (Å²) in [6, 6.07) is 0. The zero-order chi connectivity index (χ0) is 11.8. The molecule has 92 valence electrons. The first-order valence-corrected chi connectivity index (χ1v) is 6.53. The molecular weight excluding hydrogens is 200 g/mol. The van der Waals surface area contributed by atoms with Crippen molar-refractivity contribution in [2.24, 2.45) is 28.9 Å². The fraction of sp³-hybridized carbons (Fsp3) is 0.923. The fourth-order valence-corrected chi connectivity index (χ4v) is 2.90. The van der Waals surface area contributed by atoms with Crippen LogP contribution >= 0.6 is 0 Å². The second-order valence-corrected chi connectivity index (χ2v) is 6.22. The van der Waals surface area contributed by atoms with Gasteiger partial charge in [-0.3, -0.25) is 4.79 Å². The molecule has 0 spiro atoms. The van der Waals surface area contributed by atoms with Crippen molar-refractivity contribution in [1.29, 1.82) is 0 Å². The highest BCUT2D eigenvalue weighted by Gasteiger charge is 2.54. The zero-order valence-corrected chi connectivity index (χ0v) is 10.5. The fourth-order valence-electron chi connectivity index (χ4n) is 2.90. The molecule has 2 aliphatic carbocycles. The van der Waals surface area contributed by atoms with Gasteiger partial charge in [0, 0.05) is 12.5 Å². The number of nitrogens with two attached hydrogens (primary N) is 1. The van der Waals surface area contributed by atoms with Crippen LogP contribution in [0, 0.1) is 23.2 Å². The molecule has 2 atom stereocenters. The molecule has 0 aliphatic heterocycles. The number of rotatable bonds is 4. The van der Waals surface area contributed by atoms with E-state index >= 15 is 0 Å². The Morgan fingerprint density at radius 2 is 1.88 bits per heavy atom. The molecule has 2 saturated carbocycles. The van der Waals surface area contributed by atoms with E-state index in [1.807, 2.05) is 0 Å². The van der Waals surface area contributed by atoms with Crippen molar-refractivity contribution in [3.05, 3.63) is 0 Å². The zero-order valence-electron chi connectivity index (χ0n) is 10.5. The van der Waals surface area contributed by atoms with Crippen LogP contribution in [0.15, 0.2) is 0 Å². The number of carbonyl (C=O) groups is 1. The smallest absolute Gasteiger partial charge is 0.223 e. The highest BCUT2D eigenvalue weighted by atomic mass is 16.2. The molecule has 0 aromatic heterocycles. The van der Waals surface area contributed by atoms with Crippen molar-refractivity contribution in [3.63, 3.8) is 0 Å². The normalized spacial score (nSPS) is 33.1. The van der Waals surface area contributed by atoms with E-state index in [0.717, 1.165) is 0 Å². The van der Waals surface area contributed by atoms with Gasteiger partial charge in [0.1, 0.15) is 0 Å². The molecule has 0 radical (unpaired) electrons. The maximum Gasteiger partial charge on any atom is 0.223 e. The van der Waals surface area contributed by atoms with Gasteiger partial charge in [0.15, 0.2) is 0 Å². The molecule has 2 rings (SSSR count). The lowest BCUT2D eigenvalue weighted by Gasteiger charge is -2.22. The molecule has 0 aromatic rings. The van der Waals surface area contributed by atoms with Gasteiger partial charge in [-0.15, -0.1) is 0 Å². The Morgan fingerprint density at radius 3 is 2.38 bits per heavy atom. The molecule has 3 heteroatoms. The van der Waals surface area contributed by atoms with E-state index in [1.54, 1.807) is 0 Å². The van der Waals surface area contributed by atoms with Crippen LogP contribution in [0.3, 0.4) is 0 Å². The molecule has 0 saturated heterocycles. The van der Waals surface area contributed by atoms with Crippen molar-refractivity contribution >= 4 is 5.91 Å². The molecule has 0 aromatic carbocycles. The molecule has 2 aliphatic rings. The molecule has 3 nitrogen and oxygen atoms in total. The van der Waals surface area contributed by atoms with Gasteiger partial charge < -0.3 is 11.1 Å². The van der Waals surface area contributed by atoms with Crippen LogP contribution < -0.4 is 11.1 Å². The second kappa shape index (κ2) is 4.36. The number of hydrogen-bond donors (Lipinski definition) is 2. The van der Waals surface area contributed by atoms with Gasteiger partial charge in [-0.1, -0.05) is 26.7 Å². The minimum absolute atomic E-state index is 0.0235. The Bertz CT molecular complexity index is 263.